The van der Waals surface area contributed by atoms with Gasteiger partial charge in [-0.25, -0.2) is 18.9 Å². The van der Waals surface area contributed by atoms with Gasteiger partial charge in [0.2, 0.25) is 11.8 Å². The number of halogens is 2. The first-order valence-corrected chi connectivity index (χ1v) is 8.95. The third kappa shape index (κ3) is 4.75. The zero-order valence-corrected chi connectivity index (χ0v) is 15.8. The van der Waals surface area contributed by atoms with E-state index in [1.807, 2.05) is 0 Å². The number of aromatic nitrogens is 3. The fourth-order valence-corrected chi connectivity index (χ4v) is 2.58. The third-order valence-electron chi connectivity index (χ3n) is 3.82. The van der Waals surface area contributed by atoms with Gasteiger partial charge in [-0.05, 0) is 38.1 Å². The summed E-state index contributed by atoms with van der Waals surface area (Å²) in [5.41, 5.74) is 1.00. The minimum atomic E-state index is -1.33. The molecule has 2 heterocycles. The van der Waals surface area contributed by atoms with Gasteiger partial charge in [0.1, 0.15) is 11.5 Å². The molecule has 7 nitrogen and oxygen atoms in total. The summed E-state index contributed by atoms with van der Waals surface area (Å²) in [6.45, 7) is 3.71. The Morgan fingerprint density at radius 3 is 2.59 bits per heavy atom. The van der Waals surface area contributed by atoms with Crippen molar-refractivity contribution in [3.05, 3.63) is 60.4 Å². The van der Waals surface area contributed by atoms with Crippen molar-refractivity contribution < 1.29 is 27.8 Å². The lowest BCUT2D eigenvalue weighted by molar-refractivity contribution is -0.176. The predicted molar refractivity (Wildman–Crippen MR) is 99.4 cm³/mol. The van der Waals surface area contributed by atoms with Crippen molar-refractivity contribution in [2.75, 3.05) is 13.2 Å². The van der Waals surface area contributed by atoms with Crippen molar-refractivity contribution in [3.63, 3.8) is 0 Å². The third-order valence-corrected chi connectivity index (χ3v) is 3.82. The van der Waals surface area contributed by atoms with Crippen molar-refractivity contribution in [3.8, 4) is 22.8 Å². The highest BCUT2D eigenvalue weighted by atomic mass is 19.1. The summed E-state index contributed by atoms with van der Waals surface area (Å²) in [5.74, 6) is -1.88. The number of para-hydroxylation sites is 1. The molecule has 29 heavy (non-hydrogen) atoms. The van der Waals surface area contributed by atoms with Gasteiger partial charge in [0.25, 0.3) is 0 Å². The molecule has 3 aromatic rings. The van der Waals surface area contributed by atoms with Crippen LogP contribution in [0, 0.1) is 11.8 Å². The van der Waals surface area contributed by atoms with Gasteiger partial charge in [-0.15, -0.1) is 5.10 Å². The average Bonchev–Trinajstić information content (AvgIpc) is 3.12. The van der Waals surface area contributed by atoms with Gasteiger partial charge in [0.05, 0.1) is 12.3 Å². The molecular formula is C20H19F2N3O4. The second kappa shape index (κ2) is 9.24. The van der Waals surface area contributed by atoms with E-state index in [-0.39, 0.29) is 24.8 Å². The number of benzene rings is 1. The van der Waals surface area contributed by atoms with E-state index in [0.717, 1.165) is 0 Å². The first-order chi connectivity index (χ1) is 14.0. The van der Waals surface area contributed by atoms with E-state index >= 15 is 0 Å². The maximum absolute atomic E-state index is 14.4. The largest absolute Gasteiger partial charge is 0.461 e. The Kier molecular flexibility index (Phi) is 6.50. The van der Waals surface area contributed by atoms with Crippen LogP contribution in [-0.4, -0.2) is 40.2 Å². The fourth-order valence-electron chi connectivity index (χ4n) is 2.58. The molecule has 3 rings (SSSR count). The molecule has 152 valence electrons. The van der Waals surface area contributed by atoms with Crippen LogP contribution in [0.4, 0.5) is 8.78 Å². The molecule has 1 aromatic carbocycles. The molecule has 0 unspecified atom stereocenters. The maximum atomic E-state index is 14.4. The summed E-state index contributed by atoms with van der Waals surface area (Å²) in [5, 5.41) is 4.25. The molecule has 0 aliphatic heterocycles. The summed E-state index contributed by atoms with van der Waals surface area (Å²) in [6.07, 6.45) is -0.0399. The number of carbonyl (C=O) groups excluding carboxylic acids is 1. The molecule has 0 radical (unpaired) electrons. The van der Waals surface area contributed by atoms with Gasteiger partial charge in [-0.2, -0.15) is 4.39 Å². The molecule has 0 bridgehead atoms. The topological polar surface area (TPSA) is 75.5 Å². The smallest absolute Gasteiger partial charge is 0.376 e. The van der Waals surface area contributed by atoms with Gasteiger partial charge < -0.3 is 14.2 Å². The molecule has 1 atom stereocenters. The zero-order chi connectivity index (χ0) is 20.8. The zero-order valence-electron chi connectivity index (χ0n) is 15.8. The van der Waals surface area contributed by atoms with Crippen molar-refractivity contribution in [1.29, 1.82) is 0 Å². The molecule has 2 aromatic heterocycles. The number of esters is 1. The number of ether oxygens (including phenoxy) is 3. The highest BCUT2D eigenvalue weighted by Crippen LogP contribution is 2.28. The van der Waals surface area contributed by atoms with Gasteiger partial charge in [0, 0.05) is 24.4 Å². The number of hydrogen-bond donors (Lipinski definition) is 0. The molecular weight excluding hydrogens is 384 g/mol. The van der Waals surface area contributed by atoms with E-state index < -0.39 is 24.0 Å². The second-order valence-corrected chi connectivity index (χ2v) is 5.76. The minimum Gasteiger partial charge on any atom is -0.461 e. The van der Waals surface area contributed by atoms with Crippen LogP contribution in [0.3, 0.4) is 0 Å². The van der Waals surface area contributed by atoms with Crippen LogP contribution < -0.4 is 4.74 Å². The molecule has 0 amide bonds. The summed E-state index contributed by atoms with van der Waals surface area (Å²) in [6, 6.07) is 10.1. The predicted octanol–water partition coefficient (Wildman–Crippen LogP) is 3.52. The Hall–Kier alpha value is -3.33. The first kappa shape index (κ1) is 20.4. The van der Waals surface area contributed by atoms with Gasteiger partial charge in [0.15, 0.2) is 0 Å². The van der Waals surface area contributed by atoms with E-state index in [2.05, 4.69) is 10.1 Å². The van der Waals surface area contributed by atoms with Gasteiger partial charge in [-0.3, -0.25) is 0 Å². The summed E-state index contributed by atoms with van der Waals surface area (Å²) in [4.78, 5) is 15.7. The van der Waals surface area contributed by atoms with Crippen molar-refractivity contribution in [2.24, 2.45) is 0 Å². The van der Waals surface area contributed by atoms with E-state index in [1.54, 1.807) is 26.0 Å². The molecule has 0 saturated carbocycles. The van der Waals surface area contributed by atoms with Crippen LogP contribution >= 0.6 is 0 Å². The van der Waals surface area contributed by atoms with E-state index in [4.69, 9.17) is 14.2 Å². The number of rotatable bonds is 8. The number of hydrogen-bond acceptors (Lipinski definition) is 6. The van der Waals surface area contributed by atoms with Gasteiger partial charge in [-0.1, -0.05) is 12.1 Å². The molecule has 0 saturated heterocycles. The normalized spacial score (nSPS) is 11.9. The highest BCUT2D eigenvalue weighted by molar-refractivity contribution is 5.73. The lowest BCUT2D eigenvalue weighted by Crippen LogP contribution is -2.32. The Labute approximate surface area is 165 Å². The maximum Gasteiger partial charge on any atom is 0.376 e. The molecule has 9 heteroatoms. The Balaban J connectivity index is 2.03. The van der Waals surface area contributed by atoms with Crippen LogP contribution in [0.2, 0.25) is 0 Å². The van der Waals surface area contributed by atoms with Crippen molar-refractivity contribution >= 4 is 5.97 Å². The monoisotopic (exact) mass is 403 g/mol. The average molecular weight is 403 g/mol. The van der Waals surface area contributed by atoms with Crippen LogP contribution in [0.1, 0.15) is 13.8 Å². The van der Waals surface area contributed by atoms with E-state index in [0.29, 0.717) is 11.3 Å². The molecule has 0 fully saturated rings. The molecule has 0 spiro atoms. The number of pyridine rings is 1. The Morgan fingerprint density at radius 2 is 1.93 bits per heavy atom. The highest BCUT2D eigenvalue weighted by Gasteiger charge is 2.25. The van der Waals surface area contributed by atoms with Crippen LogP contribution in [0.15, 0.2) is 48.7 Å². The molecule has 0 aliphatic rings. The minimum absolute atomic E-state index is 0.000851. The van der Waals surface area contributed by atoms with Crippen LogP contribution in [0.5, 0.6) is 5.88 Å². The SMILES string of the molecule is CCOC(=O)[C@H](OCC)Oc1cc(-c2ccc(F)nc2)n(-c2ccccc2F)n1. The van der Waals surface area contributed by atoms with Crippen LogP contribution in [0.25, 0.3) is 16.9 Å². The van der Waals surface area contributed by atoms with Crippen molar-refractivity contribution in [2.45, 2.75) is 20.1 Å². The lowest BCUT2D eigenvalue weighted by Gasteiger charge is -2.15. The lowest BCUT2D eigenvalue weighted by atomic mass is 10.2. The standard InChI is InChI=1S/C20H19F2N3O4/c1-3-27-19(26)20(28-4-2)29-18-11-16(13-9-10-17(22)23-12-13)25(24-18)15-8-6-5-7-14(15)21/h5-12,20H,3-4H2,1-2H3/t20-/m1/s1. The fraction of sp³-hybridized carbons (Fsp3) is 0.250. The molecule has 0 aliphatic carbocycles. The Bertz CT molecular complexity index is 976. The van der Waals surface area contributed by atoms with Crippen molar-refractivity contribution in [1.82, 2.24) is 14.8 Å². The van der Waals surface area contributed by atoms with Gasteiger partial charge >= 0.3 is 12.3 Å². The Morgan fingerprint density at radius 1 is 1.14 bits per heavy atom. The summed E-state index contributed by atoms with van der Waals surface area (Å²) >= 11 is 0. The second-order valence-electron chi connectivity index (χ2n) is 5.76. The quantitative estimate of drug-likeness (QED) is 0.326. The van der Waals surface area contributed by atoms with E-state index in [1.165, 1.54) is 41.2 Å². The molecule has 0 N–H and O–H groups in total. The van der Waals surface area contributed by atoms with Crippen LogP contribution in [-0.2, 0) is 14.3 Å². The number of nitrogens with zero attached hydrogens (tertiary/aromatic N) is 3. The number of carbonyl (C=O) groups is 1. The van der Waals surface area contributed by atoms with E-state index in [9.17, 15) is 13.6 Å². The summed E-state index contributed by atoms with van der Waals surface area (Å²) < 4.78 is 44.7. The summed E-state index contributed by atoms with van der Waals surface area (Å²) in [7, 11) is 0. The first-order valence-electron chi connectivity index (χ1n) is 8.95.